The van der Waals surface area contributed by atoms with E-state index in [1.54, 1.807) is 0 Å². The number of epoxide rings is 2. The van der Waals surface area contributed by atoms with Gasteiger partial charge in [0.25, 0.3) is 0 Å². The zero-order valence-electron chi connectivity index (χ0n) is 22.4. The van der Waals surface area contributed by atoms with Crippen molar-refractivity contribution in [2.24, 2.45) is 11.8 Å². The molecule has 5 aliphatic rings. The molecule has 3 heterocycles. The Labute approximate surface area is 211 Å². The van der Waals surface area contributed by atoms with Crippen LogP contribution in [0.15, 0.2) is 0 Å². The molecule has 6 nitrogen and oxygen atoms in total. The van der Waals surface area contributed by atoms with Gasteiger partial charge in [-0.2, -0.15) is 0 Å². The van der Waals surface area contributed by atoms with E-state index in [-0.39, 0.29) is 0 Å². The minimum atomic E-state index is -2.40. The molecule has 2 aliphatic carbocycles. The van der Waals surface area contributed by atoms with E-state index in [4.69, 9.17) is 25.9 Å². The summed E-state index contributed by atoms with van der Waals surface area (Å²) in [6, 6.07) is 3.12. The predicted molar refractivity (Wildman–Crippen MR) is 143 cm³/mol. The predicted octanol–water partition coefficient (Wildman–Crippen LogP) is 6.31. The minimum absolute atomic E-state index is 0.540. The summed E-state index contributed by atoms with van der Waals surface area (Å²) in [6.07, 6.45) is 13.2. The van der Waals surface area contributed by atoms with E-state index in [2.05, 4.69) is 39.7 Å². The van der Waals surface area contributed by atoms with Crippen LogP contribution in [0.2, 0.25) is 50.9 Å². The lowest BCUT2D eigenvalue weighted by molar-refractivity contribution is 0.220. The van der Waals surface area contributed by atoms with E-state index in [1.807, 2.05) is 0 Å². The van der Waals surface area contributed by atoms with Gasteiger partial charge in [0.15, 0.2) is 0 Å². The lowest BCUT2D eigenvalue weighted by Gasteiger charge is -2.50. The third-order valence-electron chi connectivity index (χ3n) is 8.73. The molecule has 0 aromatic carbocycles. The molecule has 0 aromatic rings. The Morgan fingerprint density at radius 3 is 1.41 bits per heavy atom. The molecule has 0 amide bonds. The van der Waals surface area contributed by atoms with Crippen LogP contribution in [0.25, 0.3) is 0 Å². The van der Waals surface area contributed by atoms with E-state index >= 15 is 0 Å². The molecule has 5 fully saturated rings. The first-order chi connectivity index (χ1) is 16.0. The van der Waals surface area contributed by atoms with Gasteiger partial charge in [0, 0.05) is 0 Å². The van der Waals surface area contributed by atoms with Gasteiger partial charge >= 0.3 is 34.2 Å². The number of fused-ring (bicyclic) bond motifs is 2. The smallest absolute Gasteiger partial charge is 0.317 e. The topological polar surface area (TPSA) is 62.0 Å². The van der Waals surface area contributed by atoms with E-state index in [9.17, 15) is 0 Å². The number of rotatable bonds is 8. The molecule has 5 rings (SSSR count). The van der Waals surface area contributed by atoms with E-state index in [0.717, 1.165) is 36.4 Å². The number of hydrogen-bond acceptors (Lipinski definition) is 6. The average molecular weight is 545 g/mol. The van der Waals surface area contributed by atoms with Crippen molar-refractivity contribution in [2.75, 3.05) is 0 Å². The fourth-order valence-corrected chi connectivity index (χ4v) is 30.2. The normalized spacial score (nSPS) is 49.9. The molecule has 10 heteroatoms. The Balaban J connectivity index is 1.25. The van der Waals surface area contributed by atoms with Gasteiger partial charge < -0.3 is 25.9 Å². The van der Waals surface area contributed by atoms with Crippen molar-refractivity contribution < 1.29 is 25.9 Å². The summed E-state index contributed by atoms with van der Waals surface area (Å²) in [5.74, 6) is 1.50. The Hall–Kier alpha value is 0.628. The molecular formula is C24H48O6Si4. The summed E-state index contributed by atoms with van der Waals surface area (Å²) in [5.41, 5.74) is 0. The Morgan fingerprint density at radius 1 is 0.559 bits per heavy atom. The molecule has 3 aliphatic heterocycles. The zero-order chi connectivity index (χ0) is 24.2. The second-order valence-corrected chi connectivity index (χ2v) is 27.2. The lowest BCUT2D eigenvalue weighted by atomic mass is 9.88. The SMILES string of the molecule is CCC[Si]1(C)O[Si](C)(CCC2CCC3OC3C2)O[Si](C)(C)O[Si](C)(CCC2CCC3OC3C2)O1. The molecule has 8 unspecified atom stereocenters. The maximum absolute atomic E-state index is 7.15. The van der Waals surface area contributed by atoms with Crippen molar-refractivity contribution >= 4 is 34.2 Å². The number of ether oxygens (including phenoxy) is 2. The van der Waals surface area contributed by atoms with Crippen LogP contribution in [0.4, 0.5) is 0 Å². The Bertz CT molecular complexity index is 690. The number of hydrogen-bond donors (Lipinski definition) is 0. The first kappa shape index (κ1) is 26.2. The highest BCUT2D eigenvalue weighted by molar-refractivity contribution is 6.93. The highest BCUT2D eigenvalue weighted by atomic mass is 28.5. The summed E-state index contributed by atoms with van der Waals surface area (Å²) in [5, 5.41) is 0. The summed E-state index contributed by atoms with van der Waals surface area (Å²) < 4.78 is 39.9. The fourth-order valence-electron chi connectivity index (χ4n) is 7.23. The Morgan fingerprint density at radius 2 is 1.00 bits per heavy atom. The van der Waals surface area contributed by atoms with Gasteiger partial charge in [-0.05, 0) is 114 Å². The quantitative estimate of drug-likeness (QED) is 0.264. The molecule has 0 bridgehead atoms. The highest BCUT2D eigenvalue weighted by Gasteiger charge is 2.56. The van der Waals surface area contributed by atoms with E-state index < -0.39 is 34.2 Å². The average Bonchev–Trinajstić information content (AvgIpc) is 3.62. The van der Waals surface area contributed by atoms with Gasteiger partial charge in [0.05, 0.1) is 24.4 Å². The van der Waals surface area contributed by atoms with Gasteiger partial charge in [-0.25, -0.2) is 0 Å². The Kier molecular flexibility index (Phi) is 7.52. The fraction of sp³-hybridized carbons (Fsp3) is 1.00. The molecule has 0 N–H and O–H groups in total. The van der Waals surface area contributed by atoms with Gasteiger partial charge in [-0.1, -0.05) is 13.3 Å². The van der Waals surface area contributed by atoms with Crippen molar-refractivity contribution in [3.05, 3.63) is 0 Å². The summed E-state index contributed by atoms with van der Waals surface area (Å²) >= 11 is 0. The van der Waals surface area contributed by atoms with Crippen LogP contribution in [-0.4, -0.2) is 58.7 Å². The van der Waals surface area contributed by atoms with Crippen molar-refractivity contribution in [3.8, 4) is 0 Å². The van der Waals surface area contributed by atoms with Gasteiger partial charge in [-0.15, -0.1) is 0 Å². The molecule has 0 aromatic heterocycles. The van der Waals surface area contributed by atoms with Crippen molar-refractivity contribution in [1.82, 2.24) is 0 Å². The van der Waals surface area contributed by atoms with Crippen LogP contribution in [-0.2, 0) is 25.9 Å². The van der Waals surface area contributed by atoms with E-state index in [1.165, 1.54) is 51.4 Å². The van der Waals surface area contributed by atoms with Crippen LogP contribution in [0.3, 0.4) is 0 Å². The first-order valence-electron chi connectivity index (χ1n) is 14.1. The third-order valence-corrected chi connectivity index (χ3v) is 26.8. The van der Waals surface area contributed by atoms with Crippen LogP contribution < -0.4 is 0 Å². The molecule has 34 heavy (non-hydrogen) atoms. The van der Waals surface area contributed by atoms with Gasteiger partial charge in [0.1, 0.15) is 0 Å². The standard InChI is InChI=1S/C24H48O6Si4/c1-7-14-32(4)29-33(5,15-12-19-8-10-21-23(17-19)25-21)27-31(2,3)28-34(6,30-32)16-13-20-9-11-22-24(18-20)26-22/h19-24H,7-18H2,1-6H3. The highest BCUT2D eigenvalue weighted by Crippen LogP contribution is 2.45. The summed E-state index contributed by atoms with van der Waals surface area (Å²) in [6.45, 7) is 13.6. The minimum Gasteiger partial charge on any atom is -0.416 e. The maximum atomic E-state index is 7.15. The summed E-state index contributed by atoms with van der Waals surface area (Å²) in [7, 11) is -9.56. The largest absolute Gasteiger partial charge is 0.416 e. The molecule has 0 radical (unpaired) electrons. The second kappa shape index (κ2) is 9.74. The van der Waals surface area contributed by atoms with Crippen LogP contribution in [0, 0.1) is 11.8 Å². The molecule has 196 valence electrons. The second-order valence-electron chi connectivity index (χ2n) is 12.8. The first-order valence-corrected chi connectivity index (χ1v) is 24.5. The zero-order valence-corrected chi connectivity index (χ0v) is 26.4. The van der Waals surface area contributed by atoms with Gasteiger partial charge in [0.2, 0.25) is 0 Å². The van der Waals surface area contributed by atoms with E-state index in [0.29, 0.717) is 24.4 Å². The third kappa shape index (κ3) is 6.54. The monoisotopic (exact) mass is 544 g/mol. The lowest BCUT2D eigenvalue weighted by Crippen LogP contribution is -2.66. The van der Waals surface area contributed by atoms with Crippen LogP contribution >= 0.6 is 0 Å². The van der Waals surface area contributed by atoms with Crippen molar-refractivity contribution in [1.29, 1.82) is 0 Å². The van der Waals surface area contributed by atoms with Crippen molar-refractivity contribution in [2.45, 2.75) is 140 Å². The van der Waals surface area contributed by atoms with Crippen molar-refractivity contribution in [3.63, 3.8) is 0 Å². The molecule has 8 atom stereocenters. The molecule has 2 saturated carbocycles. The summed E-state index contributed by atoms with van der Waals surface area (Å²) in [4.78, 5) is 0. The van der Waals surface area contributed by atoms with Crippen LogP contribution in [0.1, 0.15) is 64.7 Å². The molecule has 0 spiro atoms. The molecule has 3 saturated heterocycles. The molecular weight excluding hydrogens is 497 g/mol. The van der Waals surface area contributed by atoms with Crippen LogP contribution in [0.5, 0.6) is 0 Å². The van der Waals surface area contributed by atoms with Gasteiger partial charge in [-0.3, -0.25) is 0 Å². The maximum Gasteiger partial charge on any atom is 0.317 e.